The zero-order valence-electron chi connectivity index (χ0n) is 9.08. The van der Waals surface area contributed by atoms with Crippen molar-refractivity contribution >= 4 is 0 Å². The van der Waals surface area contributed by atoms with Crippen LogP contribution in [0.3, 0.4) is 0 Å². The topological polar surface area (TPSA) is 40.5 Å². The van der Waals surface area contributed by atoms with Gasteiger partial charge in [-0.2, -0.15) is 0 Å². The molecule has 0 fully saturated rings. The van der Waals surface area contributed by atoms with Crippen LogP contribution in [0.25, 0.3) is 11.1 Å². The van der Waals surface area contributed by atoms with E-state index in [9.17, 15) is 0 Å². The van der Waals surface area contributed by atoms with E-state index in [0.29, 0.717) is 0 Å². The molecular formula is C14H16O2. The van der Waals surface area contributed by atoms with Gasteiger partial charge >= 0.3 is 0 Å². The average Bonchev–Trinajstić information content (AvgIpc) is 2.41. The second kappa shape index (κ2) is 7.63. The van der Waals surface area contributed by atoms with Gasteiger partial charge in [0, 0.05) is 0 Å². The van der Waals surface area contributed by atoms with E-state index in [1.165, 1.54) is 11.1 Å². The molecule has 0 atom stereocenters. The minimum atomic E-state index is -0.125. The minimum absolute atomic E-state index is 0.125. The monoisotopic (exact) mass is 216 g/mol. The van der Waals surface area contributed by atoms with Gasteiger partial charge in [0.05, 0.1) is 13.2 Å². The Balaban J connectivity index is 0.000000280. The number of hydrogen-bond donors (Lipinski definition) is 2. The van der Waals surface area contributed by atoms with Crippen LogP contribution in [0.15, 0.2) is 60.7 Å². The van der Waals surface area contributed by atoms with E-state index < -0.39 is 0 Å². The summed E-state index contributed by atoms with van der Waals surface area (Å²) in [6, 6.07) is 20.8. The molecule has 2 aromatic rings. The standard InChI is InChI=1S/C12H10.C2H6O2/c1-3-7-11(8-4-1)12-9-5-2-6-10-12;3-1-2-4/h1-10H;3-4H,1-2H2. The van der Waals surface area contributed by atoms with Crippen LogP contribution in [0.2, 0.25) is 0 Å². The Kier molecular flexibility index (Phi) is 5.92. The second-order valence-electron chi connectivity index (χ2n) is 3.18. The van der Waals surface area contributed by atoms with Crippen molar-refractivity contribution in [1.82, 2.24) is 0 Å². The molecule has 2 rings (SSSR count). The first-order chi connectivity index (χ1) is 7.88. The molecule has 84 valence electrons. The Bertz CT molecular complexity index is 331. The van der Waals surface area contributed by atoms with Crippen LogP contribution < -0.4 is 0 Å². The maximum Gasteiger partial charge on any atom is 0.0662 e. The van der Waals surface area contributed by atoms with Gasteiger partial charge in [-0.1, -0.05) is 60.7 Å². The van der Waals surface area contributed by atoms with E-state index in [1.54, 1.807) is 0 Å². The largest absolute Gasteiger partial charge is 0.394 e. The molecule has 0 aromatic heterocycles. The van der Waals surface area contributed by atoms with Crippen molar-refractivity contribution in [3.05, 3.63) is 60.7 Å². The van der Waals surface area contributed by atoms with Crippen molar-refractivity contribution in [2.45, 2.75) is 0 Å². The third-order valence-electron chi connectivity index (χ3n) is 1.98. The molecule has 0 unspecified atom stereocenters. The summed E-state index contributed by atoms with van der Waals surface area (Å²) in [5.74, 6) is 0. The SMILES string of the molecule is OCCO.c1ccc(-c2ccccc2)cc1. The molecular weight excluding hydrogens is 200 g/mol. The van der Waals surface area contributed by atoms with Crippen molar-refractivity contribution < 1.29 is 10.2 Å². The van der Waals surface area contributed by atoms with E-state index in [1.807, 2.05) is 12.1 Å². The van der Waals surface area contributed by atoms with Crippen molar-refractivity contribution in [3.8, 4) is 11.1 Å². The smallest absolute Gasteiger partial charge is 0.0662 e. The highest BCUT2D eigenvalue weighted by molar-refractivity contribution is 5.62. The zero-order chi connectivity index (χ0) is 11.6. The summed E-state index contributed by atoms with van der Waals surface area (Å²) in [6.07, 6.45) is 0. The molecule has 0 aliphatic heterocycles. The molecule has 0 saturated heterocycles. The summed E-state index contributed by atoms with van der Waals surface area (Å²) in [4.78, 5) is 0. The van der Waals surface area contributed by atoms with Crippen LogP contribution >= 0.6 is 0 Å². The van der Waals surface area contributed by atoms with E-state index in [0.717, 1.165) is 0 Å². The van der Waals surface area contributed by atoms with Crippen molar-refractivity contribution in [2.75, 3.05) is 13.2 Å². The molecule has 2 N–H and O–H groups in total. The second-order valence-corrected chi connectivity index (χ2v) is 3.18. The maximum atomic E-state index is 7.62. The lowest BCUT2D eigenvalue weighted by molar-refractivity contribution is 0.186. The Morgan fingerprint density at radius 1 is 0.562 bits per heavy atom. The number of hydrogen-bond acceptors (Lipinski definition) is 2. The van der Waals surface area contributed by atoms with Gasteiger partial charge in [0.15, 0.2) is 0 Å². The van der Waals surface area contributed by atoms with Crippen LogP contribution in [0.4, 0.5) is 0 Å². The van der Waals surface area contributed by atoms with Crippen LogP contribution in [-0.2, 0) is 0 Å². The molecule has 0 aliphatic carbocycles. The van der Waals surface area contributed by atoms with E-state index in [-0.39, 0.29) is 13.2 Å². The van der Waals surface area contributed by atoms with Gasteiger partial charge < -0.3 is 10.2 Å². The quantitative estimate of drug-likeness (QED) is 0.808. The molecule has 2 aromatic carbocycles. The van der Waals surface area contributed by atoms with Gasteiger partial charge in [-0.05, 0) is 11.1 Å². The molecule has 2 heteroatoms. The van der Waals surface area contributed by atoms with Crippen molar-refractivity contribution in [3.63, 3.8) is 0 Å². The summed E-state index contributed by atoms with van der Waals surface area (Å²) in [6.45, 7) is -0.250. The van der Waals surface area contributed by atoms with Gasteiger partial charge in [-0.25, -0.2) is 0 Å². The fraction of sp³-hybridized carbons (Fsp3) is 0.143. The lowest BCUT2D eigenvalue weighted by Gasteiger charge is -1.98. The predicted molar refractivity (Wildman–Crippen MR) is 66.0 cm³/mol. The molecule has 0 bridgehead atoms. The molecule has 0 radical (unpaired) electrons. The average molecular weight is 216 g/mol. The number of benzene rings is 2. The normalized spacial score (nSPS) is 9.12. The highest BCUT2D eigenvalue weighted by Gasteiger charge is 1.91. The Hall–Kier alpha value is -1.64. The molecule has 0 amide bonds. The predicted octanol–water partition coefficient (Wildman–Crippen LogP) is 2.32. The van der Waals surface area contributed by atoms with Crippen molar-refractivity contribution in [1.29, 1.82) is 0 Å². The van der Waals surface area contributed by atoms with Crippen LogP contribution in [0.5, 0.6) is 0 Å². The fourth-order valence-electron chi connectivity index (χ4n) is 1.26. The molecule has 2 nitrogen and oxygen atoms in total. The first-order valence-electron chi connectivity index (χ1n) is 5.20. The molecule has 16 heavy (non-hydrogen) atoms. The van der Waals surface area contributed by atoms with Gasteiger partial charge in [0.1, 0.15) is 0 Å². The third-order valence-corrected chi connectivity index (χ3v) is 1.98. The number of aliphatic hydroxyl groups excluding tert-OH is 2. The summed E-state index contributed by atoms with van der Waals surface area (Å²) < 4.78 is 0. The highest BCUT2D eigenvalue weighted by Crippen LogP contribution is 2.17. The highest BCUT2D eigenvalue weighted by atomic mass is 16.3. The maximum absolute atomic E-state index is 7.62. The lowest BCUT2D eigenvalue weighted by Crippen LogP contribution is -1.85. The molecule has 0 aliphatic rings. The molecule has 0 heterocycles. The summed E-state index contributed by atoms with van der Waals surface area (Å²) >= 11 is 0. The van der Waals surface area contributed by atoms with Gasteiger partial charge in [0.2, 0.25) is 0 Å². The van der Waals surface area contributed by atoms with Gasteiger partial charge in [-0.15, -0.1) is 0 Å². The Morgan fingerprint density at radius 3 is 1.12 bits per heavy atom. The molecule has 0 spiro atoms. The van der Waals surface area contributed by atoms with Gasteiger partial charge in [0.25, 0.3) is 0 Å². The zero-order valence-corrected chi connectivity index (χ0v) is 9.08. The van der Waals surface area contributed by atoms with Gasteiger partial charge in [-0.3, -0.25) is 0 Å². The first-order valence-corrected chi connectivity index (χ1v) is 5.20. The van der Waals surface area contributed by atoms with Crippen LogP contribution in [-0.4, -0.2) is 23.4 Å². The van der Waals surface area contributed by atoms with E-state index in [2.05, 4.69) is 48.5 Å². The molecule has 0 saturated carbocycles. The summed E-state index contributed by atoms with van der Waals surface area (Å²) in [5.41, 5.74) is 2.55. The Morgan fingerprint density at radius 2 is 0.875 bits per heavy atom. The third kappa shape index (κ3) is 4.26. The minimum Gasteiger partial charge on any atom is -0.394 e. The summed E-state index contributed by atoms with van der Waals surface area (Å²) in [5, 5.41) is 15.2. The van der Waals surface area contributed by atoms with Crippen LogP contribution in [0, 0.1) is 0 Å². The fourth-order valence-corrected chi connectivity index (χ4v) is 1.26. The summed E-state index contributed by atoms with van der Waals surface area (Å²) in [7, 11) is 0. The van der Waals surface area contributed by atoms with E-state index in [4.69, 9.17) is 10.2 Å². The van der Waals surface area contributed by atoms with Crippen molar-refractivity contribution in [2.24, 2.45) is 0 Å². The first kappa shape index (κ1) is 12.4. The number of aliphatic hydroxyl groups is 2. The Labute approximate surface area is 95.8 Å². The van der Waals surface area contributed by atoms with E-state index >= 15 is 0 Å². The number of rotatable bonds is 2. The van der Waals surface area contributed by atoms with Crippen LogP contribution in [0.1, 0.15) is 0 Å². The lowest BCUT2D eigenvalue weighted by atomic mass is 10.1.